The fourth-order valence-corrected chi connectivity index (χ4v) is 7.59. The summed E-state index contributed by atoms with van der Waals surface area (Å²) >= 11 is 0. The minimum Gasteiger partial charge on any atom is -0.396 e. The largest absolute Gasteiger partial charge is 0.396 e. The summed E-state index contributed by atoms with van der Waals surface area (Å²) in [5, 5.41) is 10.7. The van der Waals surface area contributed by atoms with Crippen LogP contribution in [-0.4, -0.2) is 19.8 Å². The van der Waals surface area contributed by atoms with Crippen LogP contribution in [0.15, 0.2) is 48.5 Å². The molecule has 1 fully saturated rings. The molecule has 2 aromatic rings. The smallest absolute Gasteiger partial charge is 0.0807 e. The third-order valence-corrected chi connectivity index (χ3v) is 10.9. The fourth-order valence-electron chi connectivity index (χ4n) is 5.19. The Balaban J connectivity index is 1.57. The summed E-state index contributed by atoms with van der Waals surface area (Å²) in [6.07, 6.45) is 12.1. The Kier molecular flexibility index (Phi) is 8.77. The summed E-state index contributed by atoms with van der Waals surface area (Å²) in [6.45, 7) is 7.42. The number of hydrogen-bond donors (Lipinski definition) is 1. The standard InChI is InChI=1S/C28H42OSi/c1-4-5-6-8-23-9-11-24(12-10-23)25-13-15-26(16-14-25)27-17-19-28(20-18-27)30(2,3)22-7-21-29/h13-20,23-24,29H,4-12,21-22H2,1-3H3. The SMILES string of the molecule is CCCCCC1CCC(c2ccc(-c3ccc([Si](C)(C)CCCO)cc3)cc2)CC1. The number of aliphatic hydroxyl groups excluding tert-OH is 1. The van der Waals surface area contributed by atoms with Crippen molar-refractivity contribution in [3.05, 3.63) is 54.1 Å². The molecule has 0 spiro atoms. The highest BCUT2D eigenvalue weighted by molar-refractivity contribution is 6.89. The van der Waals surface area contributed by atoms with Crippen molar-refractivity contribution < 1.29 is 5.11 Å². The number of benzene rings is 2. The van der Waals surface area contributed by atoms with E-state index in [0.29, 0.717) is 6.61 Å². The molecule has 2 aromatic carbocycles. The molecule has 164 valence electrons. The minimum absolute atomic E-state index is 0.307. The molecule has 0 unspecified atom stereocenters. The van der Waals surface area contributed by atoms with E-state index in [1.54, 1.807) is 5.56 Å². The maximum Gasteiger partial charge on any atom is 0.0807 e. The molecule has 3 rings (SSSR count). The average Bonchev–Trinajstić information content (AvgIpc) is 2.79. The first-order chi connectivity index (χ1) is 14.5. The first-order valence-electron chi connectivity index (χ1n) is 12.3. The molecule has 0 radical (unpaired) electrons. The predicted octanol–water partition coefficient (Wildman–Crippen LogP) is 7.51. The van der Waals surface area contributed by atoms with Crippen molar-refractivity contribution >= 4 is 13.3 Å². The molecule has 0 aromatic heterocycles. The van der Waals surface area contributed by atoms with Gasteiger partial charge in [-0.05, 0) is 60.6 Å². The van der Waals surface area contributed by atoms with Gasteiger partial charge in [0.05, 0.1) is 8.07 Å². The van der Waals surface area contributed by atoms with Crippen molar-refractivity contribution in [1.82, 2.24) is 0 Å². The Morgan fingerprint density at radius 3 is 1.97 bits per heavy atom. The van der Waals surface area contributed by atoms with Gasteiger partial charge in [-0.3, -0.25) is 0 Å². The molecule has 0 amide bonds. The Hall–Kier alpha value is -1.38. The van der Waals surface area contributed by atoms with Gasteiger partial charge in [0.25, 0.3) is 0 Å². The lowest BCUT2D eigenvalue weighted by Crippen LogP contribution is -2.41. The molecule has 0 atom stereocenters. The van der Waals surface area contributed by atoms with Gasteiger partial charge in [0, 0.05) is 6.61 Å². The molecular formula is C28H42OSi. The highest BCUT2D eigenvalue weighted by Gasteiger charge is 2.23. The molecular weight excluding hydrogens is 380 g/mol. The Bertz CT molecular complexity index is 739. The first kappa shape index (κ1) is 23.3. The minimum atomic E-state index is -1.43. The third-order valence-electron chi connectivity index (χ3n) is 7.40. The molecule has 1 nitrogen and oxygen atoms in total. The molecule has 1 aliphatic carbocycles. The molecule has 1 aliphatic rings. The van der Waals surface area contributed by atoms with Gasteiger partial charge in [0.1, 0.15) is 0 Å². The van der Waals surface area contributed by atoms with Crippen molar-refractivity contribution in [3.63, 3.8) is 0 Å². The Labute approximate surface area is 185 Å². The van der Waals surface area contributed by atoms with Crippen molar-refractivity contribution in [3.8, 4) is 11.1 Å². The molecule has 0 bridgehead atoms. The highest BCUT2D eigenvalue weighted by atomic mass is 28.3. The average molecular weight is 423 g/mol. The predicted molar refractivity (Wildman–Crippen MR) is 134 cm³/mol. The zero-order valence-electron chi connectivity index (χ0n) is 19.5. The third kappa shape index (κ3) is 6.31. The Morgan fingerprint density at radius 1 is 0.800 bits per heavy atom. The van der Waals surface area contributed by atoms with E-state index in [9.17, 15) is 0 Å². The first-order valence-corrected chi connectivity index (χ1v) is 15.6. The number of unbranched alkanes of at least 4 members (excludes halogenated alkanes) is 2. The monoisotopic (exact) mass is 422 g/mol. The van der Waals surface area contributed by atoms with Crippen LogP contribution in [0.25, 0.3) is 11.1 Å². The van der Waals surface area contributed by atoms with E-state index in [4.69, 9.17) is 5.11 Å². The molecule has 0 saturated heterocycles. The van der Waals surface area contributed by atoms with E-state index in [0.717, 1.165) is 24.3 Å². The summed E-state index contributed by atoms with van der Waals surface area (Å²) in [5.41, 5.74) is 4.19. The lowest BCUT2D eigenvalue weighted by atomic mass is 9.77. The number of aliphatic hydroxyl groups is 1. The lowest BCUT2D eigenvalue weighted by molar-refractivity contribution is 0.294. The van der Waals surface area contributed by atoms with E-state index >= 15 is 0 Å². The maximum atomic E-state index is 9.16. The molecule has 1 N–H and O–H groups in total. The summed E-state index contributed by atoms with van der Waals surface area (Å²) < 4.78 is 0. The van der Waals surface area contributed by atoms with Gasteiger partial charge in [-0.1, -0.05) is 105 Å². The van der Waals surface area contributed by atoms with Crippen molar-refractivity contribution in [1.29, 1.82) is 0 Å². The van der Waals surface area contributed by atoms with Crippen LogP contribution in [0.2, 0.25) is 19.1 Å². The highest BCUT2D eigenvalue weighted by Crippen LogP contribution is 2.38. The van der Waals surface area contributed by atoms with Crippen LogP contribution in [0.3, 0.4) is 0 Å². The van der Waals surface area contributed by atoms with Gasteiger partial charge in [-0.2, -0.15) is 0 Å². The maximum absolute atomic E-state index is 9.16. The summed E-state index contributed by atoms with van der Waals surface area (Å²) in [6, 6.07) is 19.8. The van der Waals surface area contributed by atoms with E-state index in [1.807, 2.05) is 0 Å². The molecule has 0 heterocycles. The fraction of sp³-hybridized carbons (Fsp3) is 0.571. The van der Waals surface area contributed by atoms with Gasteiger partial charge >= 0.3 is 0 Å². The van der Waals surface area contributed by atoms with E-state index < -0.39 is 8.07 Å². The van der Waals surface area contributed by atoms with Gasteiger partial charge in [0.2, 0.25) is 0 Å². The van der Waals surface area contributed by atoms with Crippen molar-refractivity contribution in [2.45, 2.75) is 89.8 Å². The van der Waals surface area contributed by atoms with Crippen LogP contribution in [0.1, 0.15) is 76.2 Å². The lowest BCUT2D eigenvalue weighted by Gasteiger charge is -2.29. The van der Waals surface area contributed by atoms with E-state index in [1.165, 1.54) is 67.7 Å². The topological polar surface area (TPSA) is 20.2 Å². The molecule has 30 heavy (non-hydrogen) atoms. The van der Waals surface area contributed by atoms with Crippen LogP contribution < -0.4 is 5.19 Å². The van der Waals surface area contributed by atoms with Crippen LogP contribution >= 0.6 is 0 Å². The second-order valence-electron chi connectivity index (χ2n) is 10.1. The summed E-state index contributed by atoms with van der Waals surface area (Å²) in [5.74, 6) is 1.75. The zero-order chi connectivity index (χ0) is 21.4. The quantitative estimate of drug-likeness (QED) is 0.310. The summed E-state index contributed by atoms with van der Waals surface area (Å²) in [4.78, 5) is 0. The molecule has 1 saturated carbocycles. The second-order valence-corrected chi connectivity index (χ2v) is 15.0. The number of hydrogen-bond acceptors (Lipinski definition) is 1. The van der Waals surface area contributed by atoms with Gasteiger partial charge < -0.3 is 5.11 Å². The molecule has 0 aliphatic heterocycles. The van der Waals surface area contributed by atoms with Gasteiger partial charge in [-0.15, -0.1) is 0 Å². The number of rotatable bonds is 10. The van der Waals surface area contributed by atoms with Crippen molar-refractivity contribution in [2.24, 2.45) is 5.92 Å². The Morgan fingerprint density at radius 2 is 1.40 bits per heavy atom. The second kappa shape index (κ2) is 11.3. The van der Waals surface area contributed by atoms with Crippen molar-refractivity contribution in [2.75, 3.05) is 6.61 Å². The van der Waals surface area contributed by atoms with Gasteiger partial charge in [0.15, 0.2) is 0 Å². The van der Waals surface area contributed by atoms with Crippen LogP contribution in [0.5, 0.6) is 0 Å². The van der Waals surface area contributed by atoms with Crippen LogP contribution in [0, 0.1) is 5.92 Å². The van der Waals surface area contributed by atoms with Crippen LogP contribution in [0.4, 0.5) is 0 Å². The van der Waals surface area contributed by atoms with E-state index in [2.05, 4.69) is 68.5 Å². The summed E-state index contributed by atoms with van der Waals surface area (Å²) in [7, 11) is -1.43. The van der Waals surface area contributed by atoms with Crippen LogP contribution in [-0.2, 0) is 0 Å². The van der Waals surface area contributed by atoms with E-state index in [-0.39, 0.29) is 0 Å². The van der Waals surface area contributed by atoms with Gasteiger partial charge in [-0.25, -0.2) is 0 Å². The zero-order valence-corrected chi connectivity index (χ0v) is 20.5. The normalized spacial score (nSPS) is 19.7. The molecule has 2 heteroatoms.